The van der Waals surface area contributed by atoms with Crippen LogP contribution in [0.15, 0.2) is 71.3 Å². The van der Waals surface area contributed by atoms with E-state index < -0.39 is 0 Å². The Morgan fingerprint density at radius 1 is 0.900 bits per heavy atom. The molecule has 0 bridgehead atoms. The van der Waals surface area contributed by atoms with Crippen LogP contribution in [0.5, 0.6) is 5.75 Å². The number of hydrogen-bond acceptors (Lipinski definition) is 5. The average Bonchev–Trinajstić information content (AvgIpc) is 3.29. The molecule has 1 aromatic heterocycles. The van der Waals surface area contributed by atoms with E-state index in [-0.39, 0.29) is 30.1 Å². The monoisotopic (exact) mass is 407 g/mol. The predicted octanol–water partition coefficient (Wildman–Crippen LogP) is 3.30. The highest BCUT2D eigenvalue weighted by Crippen LogP contribution is 2.17. The summed E-state index contributed by atoms with van der Waals surface area (Å²) < 4.78 is 10.5. The number of ether oxygens (including phenoxy) is 1. The number of furan rings is 1. The van der Waals surface area contributed by atoms with Gasteiger partial charge in [-0.1, -0.05) is 6.07 Å². The Morgan fingerprint density at radius 3 is 2.40 bits per heavy atom. The van der Waals surface area contributed by atoms with Gasteiger partial charge in [-0.2, -0.15) is 0 Å². The van der Waals surface area contributed by atoms with Crippen molar-refractivity contribution in [2.75, 3.05) is 23.8 Å². The quantitative estimate of drug-likeness (QED) is 0.531. The van der Waals surface area contributed by atoms with Gasteiger partial charge in [-0.05, 0) is 61.5 Å². The molecule has 0 unspecified atom stereocenters. The fourth-order valence-corrected chi connectivity index (χ4v) is 2.58. The van der Waals surface area contributed by atoms with Crippen molar-refractivity contribution in [3.05, 3.63) is 78.3 Å². The molecule has 0 saturated carbocycles. The second-order valence-electron chi connectivity index (χ2n) is 6.23. The molecule has 0 saturated heterocycles. The van der Waals surface area contributed by atoms with E-state index in [0.29, 0.717) is 29.2 Å². The van der Waals surface area contributed by atoms with Crippen molar-refractivity contribution in [1.29, 1.82) is 0 Å². The average molecular weight is 407 g/mol. The van der Waals surface area contributed by atoms with Crippen molar-refractivity contribution >= 4 is 29.1 Å². The molecule has 0 aliphatic rings. The van der Waals surface area contributed by atoms with Crippen LogP contribution >= 0.6 is 0 Å². The van der Waals surface area contributed by atoms with Gasteiger partial charge in [0, 0.05) is 23.5 Å². The highest BCUT2D eigenvalue weighted by atomic mass is 16.5. The maximum absolute atomic E-state index is 12.1. The zero-order valence-corrected chi connectivity index (χ0v) is 16.3. The highest BCUT2D eigenvalue weighted by Gasteiger charge is 2.10. The fraction of sp³-hybridized carbons (Fsp3) is 0.136. The number of rotatable bonds is 8. The van der Waals surface area contributed by atoms with E-state index in [1.807, 2.05) is 6.92 Å². The molecule has 0 aliphatic carbocycles. The Labute approximate surface area is 173 Å². The van der Waals surface area contributed by atoms with Gasteiger partial charge in [0.1, 0.15) is 5.75 Å². The number of amides is 3. The van der Waals surface area contributed by atoms with Gasteiger partial charge in [0.15, 0.2) is 12.4 Å². The first-order valence-corrected chi connectivity index (χ1v) is 9.31. The molecule has 3 aromatic rings. The third-order valence-electron chi connectivity index (χ3n) is 3.97. The molecule has 3 N–H and O–H groups in total. The number of carbonyl (C=O) groups is 3. The summed E-state index contributed by atoms with van der Waals surface area (Å²) in [5.41, 5.74) is 1.53. The molecule has 154 valence electrons. The van der Waals surface area contributed by atoms with E-state index in [2.05, 4.69) is 16.0 Å². The molecule has 0 aliphatic heterocycles. The van der Waals surface area contributed by atoms with Gasteiger partial charge in [0.05, 0.1) is 6.26 Å². The summed E-state index contributed by atoms with van der Waals surface area (Å²) in [6.45, 7) is 2.15. The minimum atomic E-state index is -0.363. The van der Waals surface area contributed by atoms with Crippen LogP contribution in [0.1, 0.15) is 27.8 Å². The lowest BCUT2D eigenvalue weighted by Crippen LogP contribution is -2.23. The van der Waals surface area contributed by atoms with Crippen LogP contribution in [-0.4, -0.2) is 30.9 Å². The van der Waals surface area contributed by atoms with Crippen LogP contribution < -0.4 is 20.7 Å². The molecule has 8 heteroatoms. The molecular weight excluding hydrogens is 386 g/mol. The van der Waals surface area contributed by atoms with E-state index in [0.717, 1.165) is 0 Å². The number of benzene rings is 2. The largest absolute Gasteiger partial charge is 0.484 e. The van der Waals surface area contributed by atoms with Gasteiger partial charge in [-0.15, -0.1) is 0 Å². The molecular formula is C22H21N3O5. The fourth-order valence-electron chi connectivity index (χ4n) is 2.58. The van der Waals surface area contributed by atoms with Crippen molar-refractivity contribution in [3.63, 3.8) is 0 Å². The molecule has 1 heterocycles. The van der Waals surface area contributed by atoms with Crippen LogP contribution in [0, 0.1) is 0 Å². The summed E-state index contributed by atoms with van der Waals surface area (Å²) in [6, 6.07) is 16.4. The third-order valence-corrected chi connectivity index (χ3v) is 3.97. The summed E-state index contributed by atoms with van der Waals surface area (Å²) in [6.07, 6.45) is 1.42. The van der Waals surface area contributed by atoms with Crippen LogP contribution in [0.2, 0.25) is 0 Å². The van der Waals surface area contributed by atoms with Crippen molar-refractivity contribution in [2.45, 2.75) is 6.92 Å². The van der Waals surface area contributed by atoms with Crippen molar-refractivity contribution in [2.24, 2.45) is 0 Å². The number of nitrogens with one attached hydrogen (secondary N) is 3. The molecule has 3 amide bonds. The topological polar surface area (TPSA) is 110 Å². The first kappa shape index (κ1) is 20.7. The second kappa shape index (κ2) is 9.92. The standard InChI is InChI=1S/C22H21N3O5/c1-2-23-21(27)15-5-3-6-17(13-15)24-20(26)14-30-18-10-8-16(9-11-18)25-22(28)19-7-4-12-29-19/h3-13H,2,14H2,1H3,(H,23,27)(H,24,26)(H,25,28). The summed E-state index contributed by atoms with van der Waals surface area (Å²) in [5.74, 6) is -0.245. The van der Waals surface area contributed by atoms with Crippen molar-refractivity contribution in [1.82, 2.24) is 5.32 Å². The van der Waals surface area contributed by atoms with Crippen LogP contribution in [0.3, 0.4) is 0 Å². The third kappa shape index (κ3) is 5.71. The first-order chi connectivity index (χ1) is 14.5. The van der Waals surface area contributed by atoms with Crippen molar-refractivity contribution in [3.8, 4) is 5.75 Å². The van der Waals surface area contributed by atoms with Crippen molar-refractivity contribution < 1.29 is 23.5 Å². The van der Waals surface area contributed by atoms with Gasteiger partial charge in [-0.3, -0.25) is 14.4 Å². The van der Waals surface area contributed by atoms with Gasteiger partial charge >= 0.3 is 0 Å². The van der Waals surface area contributed by atoms with Gasteiger partial charge < -0.3 is 25.1 Å². The SMILES string of the molecule is CCNC(=O)c1cccc(NC(=O)COc2ccc(NC(=O)c3ccco3)cc2)c1. The normalized spacial score (nSPS) is 10.2. The lowest BCUT2D eigenvalue weighted by atomic mass is 10.2. The molecule has 0 atom stereocenters. The minimum Gasteiger partial charge on any atom is -0.484 e. The lowest BCUT2D eigenvalue weighted by molar-refractivity contribution is -0.118. The summed E-state index contributed by atoms with van der Waals surface area (Å²) in [5, 5.41) is 8.09. The number of anilines is 2. The van der Waals surface area contributed by atoms with Gasteiger partial charge in [0.2, 0.25) is 0 Å². The first-order valence-electron chi connectivity index (χ1n) is 9.31. The lowest BCUT2D eigenvalue weighted by Gasteiger charge is -2.10. The zero-order valence-electron chi connectivity index (χ0n) is 16.3. The van der Waals surface area contributed by atoms with Gasteiger partial charge in [0.25, 0.3) is 17.7 Å². The molecule has 30 heavy (non-hydrogen) atoms. The number of carbonyl (C=O) groups excluding carboxylic acids is 3. The second-order valence-corrected chi connectivity index (χ2v) is 6.23. The maximum atomic E-state index is 12.1. The Balaban J connectivity index is 1.49. The van der Waals surface area contributed by atoms with E-state index >= 15 is 0 Å². The summed E-state index contributed by atoms with van der Waals surface area (Å²) in [7, 11) is 0. The Kier molecular flexibility index (Phi) is 6.83. The van der Waals surface area contributed by atoms with E-state index in [1.54, 1.807) is 60.7 Å². The molecule has 8 nitrogen and oxygen atoms in total. The molecule has 0 fully saturated rings. The summed E-state index contributed by atoms with van der Waals surface area (Å²) in [4.78, 5) is 35.9. The zero-order chi connectivity index (χ0) is 21.3. The molecule has 0 spiro atoms. The van der Waals surface area contributed by atoms with E-state index in [9.17, 15) is 14.4 Å². The highest BCUT2D eigenvalue weighted by molar-refractivity contribution is 6.02. The van der Waals surface area contributed by atoms with Gasteiger partial charge in [-0.25, -0.2) is 0 Å². The Morgan fingerprint density at radius 2 is 1.70 bits per heavy atom. The minimum absolute atomic E-state index is 0.205. The maximum Gasteiger partial charge on any atom is 0.291 e. The van der Waals surface area contributed by atoms with Crippen LogP contribution in [0.25, 0.3) is 0 Å². The molecule has 0 radical (unpaired) electrons. The summed E-state index contributed by atoms with van der Waals surface area (Å²) >= 11 is 0. The van der Waals surface area contributed by atoms with Crippen LogP contribution in [0.4, 0.5) is 11.4 Å². The van der Waals surface area contributed by atoms with E-state index in [1.165, 1.54) is 6.26 Å². The Bertz CT molecular complexity index is 1010. The van der Waals surface area contributed by atoms with Crippen LogP contribution in [-0.2, 0) is 4.79 Å². The predicted molar refractivity (Wildman–Crippen MR) is 112 cm³/mol. The Hall–Kier alpha value is -4.07. The smallest absolute Gasteiger partial charge is 0.291 e. The number of hydrogen-bond donors (Lipinski definition) is 3. The molecule has 3 rings (SSSR count). The molecule has 2 aromatic carbocycles. The van der Waals surface area contributed by atoms with E-state index in [4.69, 9.17) is 9.15 Å².